The molecule has 0 bridgehead atoms. The molecule has 0 radical (unpaired) electrons. The summed E-state index contributed by atoms with van der Waals surface area (Å²) in [6, 6.07) is 1.67. The van der Waals surface area contributed by atoms with Gasteiger partial charge in [-0.3, -0.25) is 9.59 Å². The second-order valence-electron chi connectivity index (χ2n) is 5.31. The number of ether oxygens (including phenoxy) is 1. The zero-order chi connectivity index (χ0) is 16.9. The van der Waals surface area contributed by atoms with E-state index < -0.39 is 40.7 Å². The number of aliphatic carboxylic acids is 1. The molecule has 5 nitrogen and oxygen atoms in total. The van der Waals surface area contributed by atoms with Crippen LogP contribution >= 0.6 is 0 Å². The van der Waals surface area contributed by atoms with E-state index in [4.69, 9.17) is 9.84 Å². The number of methoxy groups -OCH3 is 1. The maximum atomic E-state index is 13.7. The van der Waals surface area contributed by atoms with Crippen LogP contribution in [0.4, 0.5) is 8.78 Å². The van der Waals surface area contributed by atoms with Crippen LogP contribution in [0, 0.1) is 23.5 Å². The van der Waals surface area contributed by atoms with Crippen molar-refractivity contribution in [2.24, 2.45) is 11.8 Å². The van der Waals surface area contributed by atoms with Crippen molar-refractivity contribution < 1.29 is 28.2 Å². The lowest BCUT2D eigenvalue weighted by Gasteiger charge is -2.16. The molecule has 7 heteroatoms. The highest BCUT2D eigenvalue weighted by atomic mass is 19.1. The Morgan fingerprint density at radius 3 is 2.36 bits per heavy atom. The largest absolute Gasteiger partial charge is 0.493 e. The number of amides is 1. The van der Waals surface area contributed by atoms with Gasteiger partial charge >= 0.3 is 5.97 Å². The molecule has 0 aliphatic heterocycles. The summed E-state index contributed by atoms with van der Waals surface area (Å²) in [5.41, 5.74) is -0.573. The van der Waals surface area contributed by atoms with E-state index >= 15 is 0 Å². The zero-order valence-corrected chi connectivity index (χ0v) is 12.7. The van der Waals surface area contributed by atoms with E-state index in [1.165, 1.54) is 0 Å². The number of halogens is 2. The fourth-order valence-corrected chi connectivity index (χ4v) is 2.09. The van der Waals surface area contributed by atoms with Crippen molar-refractivity contribution in [3.8, 4) is 5.75 Å². The molecule has 1 aromatic carbocycles. The third kappa shape index (κ3) is 4.41. The minimum absolute atomic E-state index is 0.124. The summed E-state index contributed by atoms with van der Waals surface area (Å²) in [5.74, 6) is -4.96. The van der Waals surface area contributed by atoms with Crippen molar-refractivity contribution >= 4 is 11.9 Å². The van der Waals surface area contributed by atoms with Crippen molar-refractivity contribution in [1.29, 1.82) is 0 Å². The van der Waals surface area contributed by atoms with E-state index in [0.29, 0.717) is 6.42 Å². The van der Waals surface area contributed by atoms with Gasteiger partial charge in [0.25, 0.3) is 5.91 Å². The molecule has 0 saturated carbocycles. The molecule has 0 fully saturated rings. The Hall–Kier alpha value is -2.18. The molecule has 1 aromatic rings. The molecule has 22 heavy (non-hydrogen) atoms. The molecule has 0 aliphatic rings. The Morgan fingerprint density at radius 1 is 1.27 bits per heavy atom. The zero-order valence-electron chi connectivity index (χ0n) is 12.7. The van der Waals surface area contributed by atoms with Gasteiger partial charge in [-0.15, -0.1) is 0 Å². The highest BCUT2D eigenvalue weighted by Crippen LogP contribution is 2.25. The lowest BCUT2D eigenvalue weighted by molar-refractivity contribution is -0.142. The van der Waals surface area contributed by atoms with E-state index in [2.05, 4.69) is 5.32 Å². The number of carboxylic acids is 1. The van der Waals surface area contributed by atoms with Crippen LogP contribution in [0.15, 0.2) is 12.1 Å². The normalized spacial score (nSPS) is 12.1. The Morgan fingerprint density at radius 2 is 1.86 bits per heavy atom. The molecule has 0 aliphatic carbocycles. The van der Waals surface area contributed by atoms with Crippen LogP contribution in [0.5, 0.6) is 5.75 Å². The lowest BCUT2D eigenvalue weighted by Crippen LogP contribution is -2.34. The van der Waals surface area contributed by atoms with Crippen molar-refractivity contribution in [2.45, 2.75) is 20.3 Å². The maximum Gasteiger partial charge on any atom is 0.308 e. The van der Waals surface area contributed by atoms with Gasteiger partial charge in [0.2, 0.25) is 0 Å². The number of carbonyl (C=O) groups excluding carboxylic acids is 1. The molecular weight excluding hydrogens is 296 g/mol. The fraction of sp³-hybridized carbons (Fsp3) is 0.467. The van der Waals surface area contributed by atoms with Gasteiger partial charge in [-0.1, -0.05) is 13.8 Å². The van der Waals surface area contributed by atoms with E-state index in [1.807, 2.05) is 13.8 Å². The van der Waals surface area contributed by atoms with Crippen LogP contribution in [0.3, 0.4) is 0 Å². The van der Waals surface area contributed by atoms with Gasteiger partial charge in [0, 0.05) is 6.54 Å². The molecule has 0 spiro atoms. The molecule has 0 saturated heterocycles. The summed E-state index contributed by atoms with van der Waals surface area (Å²) in [7, 11) is 1.12. The van der Waals surface area contributed by atoms with Crippen LogP contribution in [-0.2, 0) is 4.79 Å². The SMILES string of the molecule is COc1c(F)ccc(F)c1C(=O)NCC(CC(C)C)C(=O)O. The first-order valence-corrected chi connectivity index (χ1v) is 6.80. The molecule has 1 atom stereocenters. The highest BCUT2D eigenvalue weighted by molar-refractivity contribution is 5.97. The number of carbonyl (C=O) groups is 2. The van der Waals surface area contributed by atoms with Crippen molar-refractivity contribution in [3.63, 3.8) is 0 Å². The smallest absolute Gasteiger partial charge is 0.308 e. The van der Waals surface area contributed by atoms with E-state index in [1.54, 1.807) is 0 Å². The monoisotopic (exact) mass is 315 g/mol. The predicted octanol–water partition coefficient (Wildman–Crippen LogP) is 2.45. The topological polar surface area (TPSA) is 75.6 Å². The first-order valence-electron chi connectivity index (χ1n) is 6.80. The molecule has 2 N–H and O–H groups in total. The molecule has 0 aromatic heterocycles. The molecule has 1 amide bonds. The summed E-state index contributed by atoms with van der Waals surface area (Å²) in [6.07, 6.45) is 0.360. The first-order chi connectivity index (χ1) is 10.3. The maximum absolute atomic E-state index is 13.7. The minimum Gasteiger partial charge on any atom is -0.493 e. The predicted molar refractivity (Wildman–Crippen MR) is 75.8 cm³/mol. The van der Waals surface area contributed by atoms with E-state index in [0.717, 1.165) is 19.2 Å². The van der Waals surface area contributed by atoms with Gasteiger partial charge < -0.3 is 15.2 Å². The van der Waals surface area contributed by atoms with Crippen LogP contribution in [0.1, 0.15) is 30.6 Å². The second-order valence-corrected chi connectivity index (χ2v) is 5.31. The molecule has 1 rings (SSSR count). The number of hydrogen-bond acceptors (Lipinski definition) is 3. The fourth-order valence-electron chi connectivity index (χ4n) is 2.09. The van der Waals surface area contributed by atoms with E-state index in [9.17, 15) is 18.4 Å². The summed E-state index contributed by atoms with van der Waals surface area (Å²) < 4.78 is 32.0. The van der Waals surface area contributed by atoms with Crippen LogP contribution < -0.4 is 10.1 Å². The highest BCUT2D eigenvalue weighted by Gasteiger charge is 2.24. The lowest BCUT2D eigenvalue weighted by atomic mass is 9.97. The minimum atomic E-state index is -1.05. The van der Waals surface area contributed by atoms with Crippen molar-refractivity contribution in [2.75, 3.05) is 13.7 Å². The van der Waals surface area contributed by atoms with Crippen molar-refractivity contribution in [1.82, 2.24) is 5.32 Å². The standard InChI is InChI=1S/C15H19F2NO4/c1-8(2)6-9(15(20)21)7-18-14(19)12-10(16)4-5-11(17)13(12)22-3/h4-5,8-9H,6-7H2,1-3H3,(H,18,19)(H,20,21). The Balaban J connectivity index is 2.89. The van der Waals surface area contributed by atoms with Gasteiger partial charge in [-0.05, 0) is 24.5 Å². The summed E-state index contributed by atoms with van der Waals surface area (Å²) in [5, 5.41) is 11.4. The molecule has 0 heterocycles. The summed E-state index contributed by atoms with van der Waals surface area (Å²) >= 11 is 0. The Kier molecular flexibility index (Phi) is 6.27. The number of rotatable bonds is 7. The molecule has 122 valence electrons. The quantitative estimate of drug-likeness (QED) is 0.810. The third-order valence-corrected chi connectivity index (χ3v) is 3.10. The Bertz CT molecular complexity index is 561. The number of benzene rings is 1. The summed E-state index contributed by atoms with van der Waals surface area (Å²) in [4.78, 5) is 23.1. The van der Waals surface area contributed by atoms with Gasteiger partial charge in [0.1, 0.15) is 11.4 Å². The molecule has 1 unspecified atom stereocenters. The van der Waals surface area contributed by atoms with E-state index in [-0.39, 0.29) is 12.5 Å². The second kappa shape index (κ2) is 7.72. The number of carboxylic acid groups (broad SMARTS) is 1. The first kappa shape index (κ1) is 17.9. The van der Waals surface area contributed by atoms with Crippen LogP contribution in [-0.4, -0.2) is 30.6 Å². The third-order valence-electron chi connectivity index (χ3n) is 3.10. The van der Waals surface area contributed by atoms with Crippen molar-refractivity contribution in [3.05, 3.63) is 29.3 Å². The van der Waals surface area contributed by atoms with Crippen LogP contribution in [0.2, 0.25) is 0 Å². The van der Waals surface area contributed by atoms with Gasteiger partial charge in [-0.2, -0.15) is 0 Å². The van der Waals surface area contributed by atoms with Gasteiger partial charge in [0.15, 0.2) is 11.6 Å². The number of hydrogen-bond donors (Lipinski definition) is 2. The summed E-state index contributed by atoms with van der Waals surface area (Å²) in [6.45, 7) is 3.53. The number of nitrogens with one attached hydrogen (secondary N) is 1. The van der Waals surface area contributed by atoms with Gasteiger partial charge in [0.05, 0.1) is 13.0 Å². The van der Waals surface area contributed by atoms with Crippen LogP contribution in [0.25, 0.3) is 0 Å². The average Bonchev–Trinajstić information content (AvgIpc) is 2.44. The average molecular weight is 315 g/mol. The van der Waals surface area contributed by atoms with Gasteiger partial charge in [-0.25, -0.2) is 8.78 Å². The molecular formula is C15H19F2NO4. The Labute approximate surface area is 127 Å².